The molecule has 2 heterocycles. The van der Waals surface area contributed by atoms with Gasteiger partial charge in [-0.25, -0.2) is 4.79 Å². The van der Waals surface area contributed by atoms with Crippen LogP contribution in [0.25, 0.3) is 0 Å². The van der Waals surface area contributed by atoms with Crippen LogP contribution in [-0.2, 0) is 20.7 Å². The zero-order valence-electron chi connectivity index (χ0n) is 20.1. The number of hydrogen-bond acceptors (Lipinski definition) is 7. The lowest BCUT2D eigenvalue weighted by atomic mass is 10.0. The Balaban J connectivity index is 1.20. The Kier molecular flexibility index (Phi) is 9.31. The lowest BCUT2D eigenvalue weighted by Gasteiger charge is -2.36. The van der Waals surface area contributed by atoms with Gasteiger partial charge in [-0.3, -0.25) is 14.6 Å². The lowest BCUT2D eigenvalue weighted by molar-refractivity contribution is -0.147. The van der Waals surface area contributed by atoms with Crippen LogP contribution < -0.4 is 14.5 Å². The molecule has 8 nitrogen and oxygen atoms in total. The second-order valence-corrected chi connectivity index (χ2v) is 9.66. The number of unbranched alkanes of at least 4 members (excludes halogenated alkanes) is 1. The first-order chi connectivity index (χ1) is 17.5. The fourth-order valence-electron chi connectivity index (χ4n) is 4.51. The minimum Gasteiger partial charge on any atom is -0.494 e. The predicted molar refractivity (Wildman–Crippen MR) is 140 cm³/mol. The van der Waals surface area contributed by atoms with Crippen LogP contribution in [-0.4, -0.2) is 74.6 Å². The van der Waals surface area contributed by atoms with Crippen molar-refractivity contribution in [2.24, 2.45) is 0 Å². The van der Waals surface area contributed by atoms with E-state index in [2.05, 4.69) is 9.80 Å². The van der Waals surface area contributed by atoms with E-state index in [1.807, 2.05) is 30.3 Å². The van der Waals surface area contributed by atoms with Crippen LogP contribution in [0.5, 0.6) is 5.75 Å². The maximum Gasteiger partial charge on any atom is 0.333 e. The topological polar surface area (TPSA) is 82.5 Å². The highest BCUT2D eigenvalue weighted by atomic mass is 35.5. The Morgan fingerprint density at radius 1 is 1.00 bits per heavy atom. The normalized spacial score (nSPS) is 16.1. The second-order valence-electron chi connectivity index (χ2n) is 8.87. The van der Waals surface area contributed by atoms with Crippen molar-refractivity contribution in [3.05, 3.63) is 52.0 Å². The lowest BCUT2D eigenvalue weighted by Crippen LogP contribution is -2.46. The molecule has 2 aromatic rings. The van der Waals surface area contributed by atoms with Crippen molar-refractivity contribution in [2.45, 2.75) is 25.7 Å². The molecule has 10 heteroatoms. The highest BCUT2D eigenvalue weighted by Crippen LogP contribution is 2.33. The number of esters is 1. The number of fused-ring (bicyclic) bond motifs is 1. The first-order valence-electron chi connectivity index (χ1n) is 12.2. The minimum absolute atomic E-state index is 0.122. The maximum absolute atomic E-state index is 12.4. The van der Waals surface area contributed by atoms with Gasteiger partial charge >= 0.3 is 5.97 Å². The molecular formula is C26H31Cl2N3O5. The number of carbonyl (C=O) groups is 2. The molecule has 2 aromatic carbocycles. The van der Waals surface area contributed by atoms with E-state index in [1.54, 1.807) is 6.07 Å². The molecule has 0 aliphatic carbocycles. The summed E-state index contributed by atoms with van der Waals surface area (Å²) < 4.78 is 10.9. The van der Waals surface area contributed by atoms with E-state index in [9.17, 15) is 9.59 Å². The molecule has 36 heavy (non-hydrogen) atoms. The van der Waals surface area contributed by atoms with Gasteiger partial charge in [0.1, 0.15) is 12.4 Å². The molecule has 0 radical (unpaired) electrons. The fraction of sp³-hybridized carbons (Fsp3) is 0.462. The third kappa shape index (κ3) is 6.62. The van der Waals surface area contributed by atoms with Gasteiger partial charge in [0.25, 0.3) is 0 Å². The predicted octanol–water partition coefficient (Wildman–Crippen LogP) is 3.75. The van der Waals surface area contributed by atoms with E-state index in [0.29, 0.717) is 40.9 Å². The monoisotopic (exact) mass is 535 g/mol. The quantitative estimate of drug-likeness (QED) is 0.366. The van der Waals surface area contributed by atoms with E-state index in [-0.39, 0.29) is 12.6 Å². The molecule has 0 atom stereocenters. The molecule has 194 valence electrons. The van der Waals surface area contributed by atoms with Gasteiger partial charge in [0.05, 0.1) is 28.0 Å². The van der Waals surface area contributed by atoms with Gasteiger partial charge in [-0.2, -0.15) is 0 Å². The average molecular weight is 536 g/mol. The van der Waals surface area contributed by atoms with Crippen molar-refractivity contribution in [3.63, 3.8) is 0 Å². The summed E-state index contributed by atoms with van der Waals surface area (Å²) in [5.41, 5.74) is 2.68. The highest BCUT2D eigenvalue weighted by Gasteiger charge is 2.26. The molecule has 1 fully saturated rings. The smallest absolute Gasteiger partial charge is 0.333 e. The second kappa shape index (κ2) is 12.6. The minimum atomic E-state index is -0.767. The van der Waals surface area contributed by atoms with Crippen molar-refractivity contribution in [1.82, 2.24) is 4.90 Å². The van der Waals surface area contributed by atoms with Crippen LogP contribution in [0.1, 0.15) is 24.8 Å². The average Bonchev–Trinajstić information content (AvgIpc) is 2.89. The molecule has 2 aliphatic rings. The molecule has 1 saturated heterocycles. The zero-order valence-corrected chi connectivity index (χ0v) is 21.6. The number of piperazine rings is 1. The van der Waals surface area contributed by atoms with Crippen LogP contribution >= 0.6 is 23.2 Å². The number of amides is 1. The Bertz CT molecular complexity index is 1080. The summed E-state index contributed by atoms with van der Waals surface area (Å²) in [5, 5.41) is 10.1. The number of hydrogen-bond donors (Lipinski definition) is 1. The van der Waals surface area contributed by atoms with Crippen molar-refractivity contribution in [3.8, 4) is 5.75 Å². The summed E-state index contributed by atoms with van der Waals surface area (Å²) in [7, 11) is 0. The summed E-state index contributed by atoms with van der Waals surface area (Å²) in [6.45, 7) is 4.41. The number of ether oxygens (including phenoxy) is 2. The van der Waals surface area contributed by atoms with Crippen molar-refractivity contribution < 1.29 is 24.2 Å². The van der Waals surface area contributed by atoms with Gasteiger partial charge in [0.2, 0.25) is 5.91 Å². The SMILES string of the molecule is O=C(CO)OCN1C(=O)CCc2ccc(OCCCCN3CCN(c4cccc(Cl)c4Cl)CC3)cc21. The van der Waals surface area contributed by atoms with E-state index >= 15 is 0 Å². The number of rotatable bonds is 10. The van der Waals surface area contributed by atoms with Gasteiger partial charge in [-0.15, -0.1) is 0 Å². The number of carbonyl (C=O) groups excluding carboxylic acids is 2. The summed E-state index contributed by atoms with van der Waals surface area (Å²) in [6.07, 6.45) is 2.92. The molecule has 4 rings (SSSR count). The standard InChI is InChI=1S/C26H31Cl2N3O5/c27-21-4-3-5-22(26(21)28)30-13-11-29(12-14-30)10-1-2-15-35-20-8-6-19-7-9-24(33)31(23(19)16-20)18-36-25(34)17-32/h3-6,8,16,32H,1-2,7,9-15,17-18H2. The molecule has 1 N–H and O–H groups in total. The largest absolute Gasteiger partial charge is 0.494 e. The van der Waals surface area contributed by atoms with Crippen LogP contribution in [0.4, 0.5) is 11.4 Å². The molecule has 0 unspecified atom stereocenters. The molecule has 1 amide bonds. The van der Waals surface area contributed by atoms with Gasteiger partial charge in [0.15, 0.2) is 6.73 Å². The Hall–Kier alpha value is -2.52. The van der Waals surface area contributed by atoms with Gasteiger partial charge in [-0.05, 0) is 49.6 Å². The summed E-state index contributed by atoms with van der Waals surface area (Å²) >= 11 is 12.5. The summed E-state index contributed by atoms with van der Waals surface area (Å²) in [5.74, 6) is -0.214. The zero-order chi connectivity index (χ0) is 25.5. The van der Waals surface area contributed by atoms with Crippen LogP contribution in [0.15, 0.2) is 36.4 Å². The van der Waals surface area contributed by atoms with E-state index in [4.69, 9.17) is 37.8 Å². The highest BCUT2D eigenvalue weighted by molar-refractivity contribution is 6.43. The van der Waals surface area contributed by atoms with Gasteiger partial charge < -0.3 is 19.5 Å². The molecule has 0 saturated carbocycles. The van der Waals surface area contributed by atoms with Crippen LogP contribution in [0.3, 0.4) is 0 Å². The number of anilines is 2. The molecule has 0 spiro atoms. The molecular weight excluding hydrogens is 505 g/mol. The summed E-state index contributed by atoms with van der Waals surface area (Å²) in [4.78, 5) is 29.8. The Labute approximate surface area is 221 Å². The number of benzene rings is 2. The third-order valence-corrected chi connectivity index (χ3v) is 7.33. The van der Waals surface area contributed by atoms with Gasteiger partial charge in [-0.1, -0.05) is 35.3 Å². The Morgan fingerprint density at radius 2 is 1.81 bits per heavy atom. The van der Waals surface area contributed by atoms with Gasteiger partial charge in [0, 0.05) is 38.7 Å². The van der Waals surface area contributed by atoms with Crippen molar-refractivity contribution >= 4 is 46.5 Å². The van der Waals surface area contributed by atoms with E-state index in [1.165, 1.54) is 4.90 Å². The van der Waals surface area contributed by atoms with Crippen molar-refractivity contribution in [2.75, 3.05) is 62.5 Å². The molecule has 2 aliphatic heterocycles. The third-order valence-electron chi connectivity index (χ3n) is 6.52. The molecule has 0 aromatic heterocycles. The van der Waals surface area contributed by atoms with Crippen LogP contribution in [0.2, 0.25) is 10.0 Å². The van der Waals surface area contributed by atoms with E-state index in [0.717, 1.165) is 56.8 Å². The number of aliphatic hydroxyl groups is 1. The first-order valence-corrected chi connectivity index (χ1v) is 13.0. The number of aliphatic hydroxyl groups excluding tert-OH is 1. The van der Waals surface area contributed by atoms with Crippen LogP contribution in [0, 0.1) is 0 Å². The fourth-order valence-corrected chi connectivity index (χ4v) is 4.92. The maximum atomic E-state index is 12.4. The Morgan fingerprint density at radius 3 is 2.58 bits per heavy atom. The summed E-state index contributed by atoms with van der Waals surface area (Å²) in [6, 6.07) is 11.4. The number of nitrogens with zero attached hydrogens (tertiary/aromatic N) is 3. The number of halogens is 2. The number of aryl methyl sites for hydroxylation is 1. The molecule has 0 bridgehead atoms. The van der Waals surface area contributed by atoms with Crippen molar-refractivity contribution in [1.29, 1.82) is 0 Å². The van der Waals surface area contributed by atoms with E-state index < -0.39 is 12.6 Å². The first kappa shape index (κ1) is 26.5.